The number of aromatic nitrogens is 3. The van der Waals surface area contributed by atoms with Gasteiger partial charge in [-0.05, 0) is 42.7 Å². The molecule has 0 aliphatic carbocycles. The molecule has 1 unspecified atom stereocenters. The number of nitrogens with zero attached hydrogens (tertiary/aromatic N) is 4. The minimum Gasteiger partial charge on any atom is -0.495 e. The van der Waals surface area contributed by atoms with Crippen LogP contribution < -0.4 is 24.4 Å². The number of rotatable bonds is 12. The number of benzene rings is 3. The summed E-state index contributed by atoms with van der Waals surface area (Å²) in [5.41, 5.74) is 2.25. The summed E-state index contributed by atoms with van der Waals surface area (Å²) >= 11 is 0. The van der Waals surface area contributed by atoms with Gasteiger partial charge < -0.3 is 19.5 Å². The lowest BCUT2D eigenvalue weighted by Gasteiger charge is -2.33. The summed E-state index contributed by atoms with van der Waals surface area (Å²) in [4.78, 5) is 29.8. The molecule has 0 radical (unpaired) electrons. The SMILES string of the molecule is COc1ccccc1N(C(=O)Cn1nnc2ccccc21)C(C(=O)NCCC(C)C)c1cccc(OC)c1OC. The number of carbonyl (C=O) groups is 2. The number of para-hydroxylation sites is 4. The van der Waals surface area contributed by atoms with Gasteiger partial charge in [-0.15, -0.1) is 5.10 Å². The van der Waals surface area contributed by atoms with Crippen LogP contribution in [0.25, 0.3) is 11.0 Å². The fourth-order valence-corrected chi connectivity index (χ4v) is 4.59. The third-order valence-corrected chi connectivity index (χ3v) is 6.57. The Balaban J connectivity index is 1.88. The van der Waals surface area contributed by atoms with Crippen molar-refractivity contribution >= 4 is 28.5 Å². The fourth-order valence-electron chi connectivity index (χ4n) is 4.59. The predicted molar refractivity (Wildman–Crippen MR) is 153 cm³/mol. The van der Waals surface area contributed by atoms with E-state index in [0.29, 0.717) is 52.0 Å². The van der Waals surface area contributed by atoms with E-state index in [2.05, 4.69) is 29.5 Å². The van der Waals surface area contributed by atoms with Crippen LogP contribution in [0.1, 0.15) is 31.9 Å². The Morgan fingerprint density at radius 2 is 1.60 bits per heavy atom. The second-order valence-corrected chi connectivity index (χ2v) is 9.63. The maximum absolute atomic E-state index is 14.3. The van der Waals surface area contributed by atoms with Crippen molar-refractivity contribution in [3.63, 3.8) is 0 Å². The fraction of sp³-hybridized carbons (Fsp3) is 0.333. The van der Waals surface area contributed by atoms with E-state index >= 15 is 0 Å². The summed E-state index contributed by atoms with van der Waals surface area (Å²) in [5.74, 6) is 0.852. The Morgan fingerprint density at radius 1 is 0.900 bits per heavy atom. The molecule has 0 aliphatic heterocycles. The number of fused-ring (bicyclic) bond motifs is 1. The van der Waals surface area contributed by atoms with Gasteiger partial charge in [0.1, 0.15) is 23.9 Å². The van der Waals surface area contributed by atoms with E-state index in [1.54, 1.807) is 42.5 Å². The quantitative estimate of drug-likeness (QED) is 0.281. The highest BCUT2D eigenvalue weighted by Crippen LogP contribution is 2.41. The minimum atomic E-state index is -1.12. The summed E-state index contributed by atoms with van der Waals surface area (Å²) in [6.07, 6.45) is 0.779. The van der Waals surface area contributed by atoms with Gasteiger partial charge in [0.15, 0.2) is 11.5 Å². The van der Waals surface area contributed by atoms with Gasteiger partial charge in [-0.3, -0.25) is 14.5 Å². The van der Waals surface area contributed by atoms with E-state index in [0.717, 1.165) is 6.42 Å². The molecule has 0 aliphatic rings. The lowest BCUT2D eigenvalue weighted by molar-refractivity contribution is -0.127. The molecule has 0 spiro atoms. The van der Waals surface area contributed by atoms with Crippen LogP contribution in [0.3, 0.4) is 0 Å². The summed E-state index contributed by atoms with van der Waals surface area (Å²) < 4.78 is 18.4. The van der Waals surface area contributed by atoms with Crippen LogP contribution in [0, 0.1) is 5.92 Å². The van der Waals surface area contributed by atoms with Gasteiger partial charge in [0.2, 0.25) is 11.8 Å². The zero-order valence-electron chi connectivity index (χ0n) is 23.5. The number of carbonyl (C=O) groups excluding carboxylic acids is 2. The Labute approximate surface area is 233 Å². The second kappa shape index (κ2) is 13.0. The van der Waals surface area contributed by atoms with E-state index in [1.807, 2.05) is 24.3 Å². The van der Waals surface area contributed by atoms with Crippen LogP contribution in [-0.4, -0.2) is 54.7 Å². The third-order valence-electron chi connectivity index (χ3n) is 6.57. The summed E-state index contributed by atoms with van der Waals surface area (Å²) in [6, 6.07) is 18.6. The largest absolute Gasteiger partial charge is 0.495 e. The Hall–Kier alpha value is -4.60. The molecule has 1 heterocycles. The van der Waals surface area contributed by atoms with Crippen molar-refractivity contribution in [2.45, 2.75) is 32.9 Å². The number of methoxy groups -OCH3 is 3. The van der Waals surface area contributed by atoms with Crippen molar-refractivity contribution in [2.24, 2.45) is 5.92 Å². The van der Waals surface area contributed by atoms with Crippen LogP contribution in [0.5, 0.6) is 17.2 Å². The molecule has 4 rings (SSSR count). The van der Waals surface area contributed by atoms with Crippen molar-refractivity contribution < 1.29 is 23.8 Å². The minimum absolute atomic E-state index is 0.166. The summed E-state index contributed by atoms with van der Waals surface area (Å²) in [6.45, 7) is 4.45. The van der Waals surface area contributed by atoms with Crippen LogP contribution in [-0.2, 0) is 16.1 Å². The maximum atomic E-state index is 14.3. The van der Waals surface area contributed by atoms with Gasteiger partial charge in [-0.1, -0.05) is 55.5 Å². The summed E-state index contributed by atoms with van der Waals surface area (Å²) in [7, 11) is 4.56. The molecule has 3 aromatic carbocycles. The van der Waals surface area contributed by atoms with Crippen LogP contribution in [0.2, 0.25) is 0 Å². The van der Waals surface area contributed by atoms with Gasteiger partial charge in [-0.2, -0.15) is 0 Å². The van der Waals surface area contributed by atoms with E-state index in [4.69, 9.17) is 14.2 Å². The lowest BCUT2D eigenvalue weighted by Crippen LogP contribution is -2.46. The standard InChI is InChI=1S/C30H35N5O5/c1-20(2)17-18-31-30(37)28(21-11-10-16-26(39-4)29(21)40-5)35(24-14-8-9-15-25(24)38-3)27(36)19-34-23-13-7-6-12-22(23)32-33-34/h6-16,20,28H,17-19H2,1-5H3,(H,31,37). The van der Waals surface area contributed by atoms with Gasteiger partial charge in [-0.25, -0.2) is 4.68 Å². The van der Waals surface area contributed by atoms with Crippen LogP contribution >= 0.6 is 0 Å². The molecule has 210 valence electrons. The number of hydrogen-bond acceptors (Lipinski definition) is 7. The number of hydrogen-bond donors (Lipinski definition) is 1. The molecular weight excluding hydrogens is 510 g/mol. The molecule has 2 amide bonds. The molecule has 10 heteroatoms. The Morgan fingerprint density at radius 3 is 2.33 bits per heavy atom. The molecule has 40 heavy (non-hydrogen) atoms. The highest BCUT2D eigenvalue weighted by atomic mass is 16.5. The van der Waals surface area contributed by atoms with Crippen LogP contribution in [0.4, 0.5) is 5.69 Å². The first kappa shape index (κ1) is 28.4. The van der Waals surface area contributed by atoms with Crippen LogP contribution in [0.15, 0.2) is 66.7 Å². The molecule has 1 aromatic heterocycles. The van der Waals surface area contributed by atoms with Gasteiger partial charge >= 0.3 is 0 Å². The first-order valence-corrected chi connectivity index (χ1v) is 13.1. The molecule has 4 aromatic rings. The summed E-state index contributed by atoms with van der Waals surface area (Å²) in [5, 5.41) is 11.4. The topological polar surface area (TPSA) is 108 Å². The molecule has 0 saturated heterocycles. The van der Waals surface area contributed by atoms with E-state index < -0.39 is 11.9 Å². The molecule has 0 saturated carbocycles. The zero-order valence-corrected chi connectivity index (χ0v) is 23.5. The first-order chi connectivity index (χ1) is 19.4. The number of amides is 2. The first-order valence-electron chi connectivity index (χ1n) is 13.1. The molecule has 1 N–H and O–H groups in total. The highest BCUT2D eigenvalue weighted by molar-refractivity contribution is 6.03. The normalized spacial score (nSPS) is 11.8. The number of nitrogens with one attached hydrogen (secondary N) is 1. The van der Waals surface area contributed by atoms with Crippen molar-refractivity contribution in [2.75, 3.05) is 32.8 Å². The molecular formula is C30H35N5O5. The second-order valence-electron chi connectivity index (χ2n) is 9.63. The van der Waals surface area contributed by atoms with Crippen molar-refractivity contribution in [3.8, 4) is 17.2 Å². The van der Waals surface area contributed by atoms with Crippen molar-refractivity contribution in [1.82, 2.24) is 20.3 Å². The van der Waals surface area contributed by atoms with Gasteiger partial charge in [0.25, 0.3) is 0 Å². The zero-order chi connectivity index (χ0) is 28.6. The highest BCUT2D eigenvalue weighted by Gasteiger charge is 2.37. The molecule has 1 atom stereocenters. The van der Waals surface area contributed by atoms with Crippen molar-refractivity contribution in [1.29, 1.82) is 0 Å². The van der Waals surface area contributed by atoms with Gasteiger partial charge in [0, 0.05) is 12.1 Å². The molecule has 0 bridgehead atoms. The third kappa shape index (κ3) is 6.01. The van der Waals surface area contributed by atoms with Gasteiger partial charge in [0.05, 0.1) is 32.5 Å². The van der Waals surface area contributed by atoms with Crippen molar-refractivity contribution in [3.05, 3.63) is 72.3 Å². The monoisotopic (exact) mass is 545 g/mol. The number of ether oxygens (including phenoxy) is 3. The van der Waals surface area contributed by atoms with E-state index in [-0.39, 0.29) is 12.5 Å². The lowest BCUT2D eigenvalue weighted by atomic mass is 10.0. The predicted octanol–water partition coefficient (Wildman–Crippen LogP) is 4.39. The Bertz CT molecular complexity index is 1470. The average molecular weight is 546 g/mol. The van der Waals surface area contributed by atoms with E-state index in [1.165, 1.54) is 30.9 Å². The van der Waals surface area contributed by atoms with E-state index in [9.17, 15) is 9.59 Å². The average Bonchev–Trinajstić information content (AvgIpc) is 3.37. The maximum Gasteiger partial charge on any atom is 0.249 e. The Kier molecular flexibility index (Phi) is 9.21. The number of anilines is 1. The molecule has 10 nitrogen and oxygen atoms in total. The molecule has 0 fully saturated rings. The smallest absolute Gasteiger partial charge is 0.249 e.